The fourth-order valence-electron chi connectivity index (χ4n) is 10.3. The maximum Gasteiger partial charge on any atom is 0.247 e. The maximum absolute atomic E-state index is 15.5. The first kappa shape index (κ1) is 45.6. The summed E-state index contributed by atoms with van der Waals surface area (Å²) in [5, 5.41) is 28.0. The summed E-state index contributed by atoms with van der Waals surface area (Å²) >= 11 is 0. The number of aromatic nitrogens is 3. The number of imidazole rings is 1. The molecule has 16 heteroatoms. The zero-order chi connectivity index (χ0) is 44.5. The maximum atomic E-state index is 15.5. The molecule has 2 saturated heterocycles. The predicted octanol–water partition coefficient (Wildman–Crippen LogP) is 2.54. The van der Waals surface area contributed by atoms with E-state index in [4.69, 9.17) is 0 Å². The summed E-state index contributed by atoms with van der Waals surface area (Å²) in [6.07, 6.45) is 20.5. The number of nitrogens with one attached hydrogen (secondary N) is 6. The second-order valence-electron chi connectivity index (χ2n) is 17.8. The Morgan fingerprint density at radius 2 is 1.71 bits per heavy atom. The number of aliphatic hydroxyl groups is 1. The Labute approximate surface area is 368 Å². The lowest BCUT2D eigenvalue weighted by Gasteiger charge is -2.46. The van der Waals surface area contributed by atoms with Gasteiger partial charge >= 0.3 is 0 Å². The Morgan fingerprint density at radius 3 is 2.38 bits per heavy atom. The van der Waals surface area contributed by atoms with Gasteiger partial charge in [-0.25, -0.2) is 4.98 Å². The van der Waals surface area contributed by atoms with Crippen LogP contribution in [0.1, 0.15) is 95.7 Å². The van der Waals surface area contributed by atoms with Crippen LogP contribution in [-0.4, -0.2) is 121 Å². The molecule has 3 fully saturated rings. The fraction of sp³-hybridized carbons (Fsp3) is 0.553. The highest BCUT2D eigenvalue weighted by Crippen LogP contribution is 2.34. The standard InChI is InChI=1S/C47H63N9O7/c1-30(44(61)54-39(25-34-26-48-28-51-34)45(62)53-38(23-32-13-5-3-6-14-32)42(59)36-16-11-21-49-36)56(47(19-9-4-10-20-47)43(60)37-17-12-22-50-37)46(63)40(52-31(2)58)24-33-27-55(29-57)41-18-8-7-15-35(33)41/h4,7-10,15,18-19,26-30,32,36-40,42,49-50,59H,3,5-6,11-14,16-17,20-25H2,1-2H3,(H,48,51)(H,52,58)(H,53,62)(H,54,61)/t30?,36?,37?,38?,39-,40-,42?,47?/m0/s1. The van der Waals surface area contributed by atoms with Crippen LogP contribution in [0.4, 0.5) is 0 Å². The SMILES string of the molecule is CC(=O)N[C@@H](Cc1cn(C=O)c2ccccc12)C(=O)N(C(C)C(=O)N[C@@H](Cc1c[nH]cn1)C(=O)NC(CC1CCCCC1)C(O)C1CCCN1)C1(C(=O)C2CCCN2)C=CC=CC1. The Kier molecular flexibility index (Phi) is 15.1. The summed E-state index contributed by atoms with van der Waals surface area (Å²) in [5.74, 6) is -2.34. The summed E-state index contributed by atoms with van der Waals surface area (Å²) < 4.78 is 1.41. The largest absolute Gasteiger partial charge is 0.389 e. The van der Waals surface area contributed by atoms with Crippen molar-refractivity contribution in [2.75, 3.05) is 13.1 Å². The van der Waals surface area contributed by atoms with Gasteiger partial charge in [0.1, 0.15) is 23.7 Å². The minimum atomic E-state index is -1.65. The number of allylic oxidation sites excluding steroid dienone is 2. The van der Waals surface area contributed by atoms with Gasteiger partial charge in [-0.1, -0.05) is 74.6 Å². The number of carbonyl (C=O) groups is 6. The molecular formula is C47H63N9O7. The normalized spacial score (nSPS) is 23.7. The molecule has 0 bridgehead atoms. The van der Waals surface area contributed by atoms with E-state index in [0.29, 0.717) is 53.9 Å². The number of aliphatic hydroxyl groups excluding tert-OH is 1. The molecule has 63 heavy (non-hydrogen) atoms. The van der Waals surface area contributed by atoms with Gasteiger partial charge in [0.15, 0.2) is 5.78 Å². The summed E-state index contributed by atoms with van der Waals surface area (Å²) in [6.45, 7) is 4.22. The molecule has 1 saturated carbocycles. The molecule has 2 aliphatic carbocycles. The van der Waals surface area contributed by atoms with E-state index in [9.17, 15) is 29.1 Å². The van der Waals surface area contributed by atoms with E-state index in [0.717, 1.165) is 51.5 Å². The van der Waals surface area contributed by atoms with Crippen LogP contribution in [0.3, 0.4) is 0 Å². The Bertz CT molecular complexity index is 2150. The number of H-pyrrole nitrogens is 1. The molecule has 338 valence electrons. The van der Waals surface area contributed by atoms with Crippen molar-refractivity contribution >= 4 is 46.7 Å². The summed E-state index contributed by atoms with van der Waals surface area (Å²) in [7, 11) is 0. The number of Topliss-reactive ketones (excluding diaryl/α,β-unsaturated/α-hetero) is 1. The topological polar surface area (TPSA) is 220 Å². The molecule has 16 nitrogen and oxygen atoms in total. The van der Waals surface area contributed by atoms with Gasteiger partial charge in [-0.15, -0.1) is 0 Å². The first-order valence-corrected chi connectivity index (χ1v) is 22.7. The third-order valence-corrected chi connectivity index (χ3v) is 13.5. The van der Waals surface area contributed by atoms with E-state index in [2.05, 4.69) is 36.6 Å². The van der Waals surface area contributed by atoms with Crippen LogP contribution in [0.25, 0.3) is 10.9 Å². The van der Waals surface area contributed by atoms with Crippen molar-refractivity contribution in [1.82, 2.24) is 46.0 Å². The zero-order valence-corrected chi connectivity index (χ0v) is 36.4. The highest BCUT2D eigenvalue weighted by Gasteiger charge is 2.52. The van der Waals surface area contributed by atoms with Crippen LogP contribution >= 0.6 is 0 Å². The number of amides is 4. The first-order chi connectivity index (χ1) is 30.5. The molecule has 0 radical (unpaired) electrons. The van der Waals surface area contributed by atoms with E-state index in [1.165, 1.54) is 36.1 Å². The number of aromatic amines is 1. The van der Waals surface area contributed by atoms with Crippen LogP contribution in [0.2, 0.25) is 0 Å². The highest BCUT2D eigenvalue weighted by atomic mass is 16.3. The molecular weight excluding hydrogens is 803 g/mol. The number of hydrogen-bond donors (Lipinski definition) is 7. The van der Waals surface area contributed by atoms with Gasteiger partial charge in [0.25, 0.3) is 0 Å². The van der Waals surface area contributed by atoms with Crippen molar-refractivity contribution < 1.29 is 33.9 Å². The molecule has 7 rings (SSSR count). The van der Waals surface area contributed by atoms with Gasteiger partial charge in [0, 0.05) is 43.6 Å². The molecule has 1 aromatic carbocycles. The predicted molar refractivity (Wildman–Crippen MR) is 238 cm³/mol. The van der Waals surface area contributed by atoms with Crippen molar-refractivity contribution in [2.45, 2.75) is 145 Å². The Hall–Kier alpha value is -5.45. The lowest BCUT2D eigenvalue weighted by Crippen LogP contribution is -2.68. The number of carbonyl (C=O) groups excluding carboxylic acids is 6. The van der Waals surface area contributed by atoms with Gasteiger partial charge in [0.05, 0.1) is 35.7 Å². The highest BCUT2D eigenvalue weighted by molar-refractivity contribution is 6.03. The third kappa shape index (κ3) is 10.5. The number of rotatable bonds is 19. The zero-order valence-electron chi connectivity index (χ0n) is 36.4. The van der Waals surface area contributed by atoms with Crippen molar-refractivity contribution in [3.63, 3.8) is 0 Å². The lowest BCUT2D eigenvalue weighted by atomic mass is 9.79. The van der Waals surface area contributed by atoms with E-state index >= 15 is 4.79 Å². The van der Waals surface area contributed by atoms with Crippen molar-refractivity contribution in [3.8, 4) is 0 Å². The monoisotopic (exact) mass is 865 g/mol. The van der Waals surface area contributed by atoms with E-state index in [1.54, 1.807) is 48.8 Å². The van der Waals surface area contributed by atoms with Crippen LogP contribution in [0.5, 0.6) is 0 Å². The van der Waals surface area contributed by atoms with Gasteiger partial charge < -0.3 is 41.6 Å². The Balaban J connectivity index is 1.23. The van der Waals surface area contributed by atoms with Crippen molar-refractivity contribution in [3.05, 3.63) is 78.5 Å². The fourth-order valence-corrected chi connectivity index (χ4v) is 10.3. The third-order valence-electron chi connectivity index (χ3n) is 13.5. The summed E-state index contributed by atoms with van der Waals surface area (Å²) in [6, 6.07) is 2.07. The van der Waals surface area contributed by atoms with Crippen molar-refractivity contribution in [2.24, 2.45) is 5.92 Å². The molecule has 7 N–H and O–H groups in total. The van der Waals surface area contributed by atoms with Gasteiger partial charge in [0.2, 0.25) is 30.0 Å². The first-order valence-electron chi connectivity index (χ1n) is 22.7. The number of ketones is 1. The van der Waals surface area contributed by atoms with Crippen LogP contribution < -0.4 is 26.6 Å². The van der Waals surface area contributed by atoms with Gasteiger partial charge in [-0.3, -0.25) is 33.3 Å². The second kappa shape index (κ2) is 20.8. The van der Waals surface area contributed by atoms with Gasteiger partial charge in [-0.2, -0.15) is 0 Å². The summed E-state index contributed by atoms with van der Waals surface area (Å²) in [4.78, 5) is 93.5. The minimum Gasteiger partial charge on any atom is -0.389 e. The lowest BCUT2D eigenvalue weighted by molar-refractivity contribution is -0.154. The Morgan fingerprint density at radius 1 is 0.937 bits per heavy atom. The molecule has 2 aromatic heterocycles. The minimum absolute atomic E-state index is 0.00365. The number of nitrogens with zero attached hydrogens (tertiary/aromatic N) is 3. The molecule has 8 atom stereocenters. The van der Waals surface area contributed by atoms with E-state index in [1.807, 2.05) is 12.1 Å². The van der Waals surface area contributed by atoms with E-state index < -0.39 is 65.5 Å². The van der Waals surface area contributed by atoms with E-state index in [-0.39, 0.29) is 31.1 Å². The molecule has 4 aliphatic rings. The smallest absolute Gasteiger partial charge is 0.247 e. The number of para-hydroxylation sites is 1. The average Bonchev–Trinajstić information content (AvgIpc) is 4.15. The van der Waals surface area contributed by atoms with Crippen LogP contribution in [0, 0.1) is 5.92 Å². The molecule has 4 amide bonds. The van der Waals surface area contributed by atoms with Crippen LogP contribution in [-0.2, 0) is 41.6 Å². The quantitative estimate of drug-likeness (QED) is 0.0874. The molecule has 3 aromatic rings. The van der Waals surface area contributed by atoms with Crippen molar-refractivity contribution in [1.29, 1.82) is 0 Å². The molecule has 4 heterocycles. The number of fused-ring (bicyclic) bond motifs is 1. The number of hydrogen-bond acceptors (Lipinski definition) is 10. The molecule has 0 spiro atoms. The number of benzene rings is 1. The molecule has 2 aliphatic heterocycles. The van der Waals surface area contributed by atoms with Crippen LogP contribution in [0.15, 0.2) is 67.3 Å². The summed E-state index contributed by atoms with van der Waals surface area (Å²) in [5.41, 5.74) is 0.0843. The molecule has 6 unspecified atom stereocenters. The van der Waals surface area contributed by atoms with Gasteiger partial charge in [-0.05, 0) is 76.1 Å². The average molecular weight is 866 g/mol. The second-order valence-corrected chi connectivity index (χ2v) is 17.8.